The van der Waals surface area contributed by atoms with Gasteiger partial charge in [-0.1, -0.05) is 156 Å². The van der Waals surface area contributed by atoms with Crippen LogP contribution in [0.3, 0.4) is 0 Å². The Morgan fingerprint density at radius 1 is 0.556 bits per heavy atom. The predicted octanol–water partition coefficient (Wildman–Crippen LogP) is 11.8. The predicted molar refractivity (Wildman–Crippen MR) is 161 cm³/mol. The monoisotopic (exact) mass is 504 g/mol. The van der Waals surface area contributed by atoms with Gasteiger partial charge >= 0.3 is 0 Å². The Labute approximate surface area is 227 Å². The Balaban J connectivity index is 2.13. The summed E-state index contributed by atoms with van der Waals surface area (Å²) in [6, 6.07) is 0.621. The molecule has 1 aromatic heterocycles. The van der Waals surface area contributed by atoms with Crippen molar-refractivity contribution in [1.29, 1.82) is 0 Å². The molecule has 0 aliphatic rings. The number of rotatable bonds is 27. The van der Waals surface area contributed by atoms with E-state index in [4.69, 9.17) is 0 Å². The summed E-state index contributed by atoms with van der Waals surface area (Å²) in [4.78, 5) is 3.63. The molecule has 0 aromatic carbocycles. The van der Waals surface area contributed by atoms with E-state index < -0.39 is 0 Å². The van der Waals surface area contributed by atoms with Crippen molar-refractivity contribution in [2.24, 2.45) is 0 Å². The zero-order valence-electron chi connectivity index (χ0n) is 25.4. The summed E-state index contributed by atoms with van der Waals surface area (Å²) in [5, 5.41) is 0. The van der Waals surface area contributed by atoms with Crippen LogP contribution in [0.4, 0.5) is 0 Å². The minimum Gasteiger partial charge on any atom is -0.247 e. The molecule has 1 aromatic rings. The van der Waals surface area contributed by atoms with Crippen molar-refractivity contribution in [2.75, 3.05) is 0 Å². The molecule has 1 rings (SSSR count). The van der Waals surface area contributed by atoms with Crippen molar-refractivity contribution in [1.82, 2.24) is 4.98 Å². The average molecular weight is 504 g/mol. The van der Waals surface area contributed by atoms with Crippen LogP contribution in [0.2, 0.25) is 0 Å². The Bertz CT molecular complexity index is 563. The third kappa shape index (κ3) is 16.9. The molecule has 0 aliphatic carbocycles. The second-order valence-electron chi connectivity index (χ2n) is 11.9. The van der Waals surface area contributed by atoms with Gasteiger partial charge in [0.2, 0.25) is 0 Å². The van der Waals surface area contributed by atoms with Gasteiger partial charge < -0.3 is 0 Å². The SMILES string of the molecule is CCCCCCCCCCCCCC(CC)c1[nH]cc[n+]1C(C)CCCCCCCCCCCCC. The van der Waals surface area contributed by atoms with E-state index >= 15 is 0 Å². The largest absolute Gasteiger partial charge is 0.257 e. The van der Waals surface area contributed by atoms with E-state index in [1.54, 1.807) is 0 Å². The lowest BCUT2D eigenvalue weighted by atomic mass is 9.96. The summed E-state index contributed by atoms with van der Waals surface area (Å²) >= 11 is 0. The molecule has 0 amide bonds. The lowest BCUT2D eigenvalue weighted by Gasteiger charge is -2.16. The van der Waals surface area contributed by atoms with Crippen LogP contribution in [-0.2, 0) is 0 Å². The van der Waals surface area contributed by atoms with E-state index in [0.717, 1.165) is 0 Å². The van der Waals surface area contributed by atoms with Crippen molar-refractivity contribution in [2.45, 2.75) is 200 Å². The van der Waals surface area contributed by atoms with Crippen molar-refractivity contribution in [3.05, 3.63) is 18.2 Å². The number of hydrogen-bond donors (Lipinski definition) is 1. The van der Waals surface area contributed by atoms with Gasteiger partial charge in [0.05, 0.1) is 12.0 Å². The zero-order valence-corrected chi connectivity index (χ0v) is 25.4. The second-order valence-corrected chi connectivity index (χ2v) is 11.9. The molecule has 0 bridgehead atoms. The summed E-state index contributed by atoms with van der Waals surface area (Å²) in [6.45, 7) is 9.42. The first-order chi connectivity index (χ1) is 17.7. The van der Waals surface area contributed by atoms with E-state index in [0.29, 0.717) is 12.0 Å². The lowest BCUT2D eigenvalue weighted by molar-refractivity contribution is -0.727. The van der Waals surface area contributed by atoms with E-state index in [9.17, 15) is 0 Å². The molecule has 0 spiro atoms. The number of nitrogens with zero attached hydrogens (tertiary/aromatic N) is 1. The molecule has 2 nitrogen and oxygen atoms in total. The lowest BCUT2D eigenvalue weighted by Crippen LogP contribution is -2.41. The van der Waals surface area contributed by atoms with Crippen LogP contribution in [-0.4, -0.2) is 4.98 Å². The van der Waals surface area contributed by atoms with Gasteiger partial charge in [0.15, 0.2) is 0 Å². The molecule has 0 saturated carbocycles. The maximum absolute atomic E-state index is 3.63. The van der Waals surface area contributed by atoms with Gasteiger partial charge in [-0.15, -0.1) is 0 Å². The molecule has 1 heterocycles. The third-order valence-electron chi connectivity index (χ3n) is 8.48. The molecule has 212 valence electrons. The van der Waals surface area contributed by atoms with E-state index in [2.05, 4.69) is 49.6 Å². The zero-order chi connectivity index (χ0) is 26.1. The second kappa shape index (κ2) is 24.5. The molecule has 0 aliphatic heterocycles. The van der Waals surface area contributed by atoms with Gasteiger partial charge in [-0.3, -0.25) is 0 Å². The van der Waals surface area contributed by atoms with Gasteiger partial charge in [-0.2, -0.15) is 0 Å². The summed E-state index contributed by atoms with van der Waals surface area (Å²) in [5.74, 6) is 2.18. The van der Waals surface area contributed by atoms with E-state index in [-0.39, 0.29) is 0 Å². The number of aromatic amines is 1. The quantitative estimate of drug-likeness (QED) is 0.0909. The molecule has 2 atom stereocenters. The fourth-order valence-corrected chi connectivity index (χ4v) is 5.90. The summed E-state index contributed by atoms with van der Waals surface area (Å²) in [7, 11) is 0. The Kier molecular flexibility index (Phi) is 22.7. The Hall–Kier alpha value is -0.790. The Morgan fingerprint density at radius 3 is 1.36 bits per heavy atom. The topological polar surface area (TPSA) is 19.7 Å². The van der Waals surface area contributed by atoms with Crippen molar-refractivity contribution >= 4 is 0 Å². The van der Waals surface area contributed by atoms with Crippen LogP contribution in [0.15, 0.2) is 12.4 Å². The minimum atomic E-state index is 0.621. The van der Waals surface area contributed by atoms with E-state index in [1.807, 2.05) is 0 Å². The number of hydrogen-bond acceptors (Lipinski definition) is 0. The summed E-state index contributed by atoms with van der Waals surface area (Å²) in [6.07, 6.45) is 39.9. The maximum Gasteiger partial charge on any atom is 0.257 e. The van der Waals surface area contributed by atoms with Gasteiger partial charge in [0.25, 0.3) is 5.82 Å². The van der Waals surface area contributed by atoms with E-state index in [1.165, 1.54) is 166 Å². The van der Waals surface area contributed by atoms with Gasteiger partial charge in [0, 0.05) is 0 Å². The van der Waals surface area contributed by atoms with Crippen molar-refractivity contribution in [3.8, 4) is 0 Å². The van der Waals surface area contributed by atoms with Crippen LogP contribution >= 0.6 is 0 Å². The first-order valence-corrected chi connectivity index (χ1v) is 16.8. The maximum atomic E-state index is 3.63. The molecular weight excluding hydrogens is 436 g/mol. The van der Waals surface area contributed by atoms with Gasteiger partial charge in [0.1, 0.15) is 12.4 Å². The highest BCUT2D eigenvalue weighted by Crippen LogP contribution is 2.24. The number of aromatic nitrogens is 2. The van der Waals surface area contributed by atoms with Gasteiger partial charge in [-0.25, -0.2) is 9.55 Å². The molecule has 1 N–H and O–H groups in total. The molecule has 0 fully saturated rings. The standard InChI is InChI=1S/C34H66N2/c1-5-8-10-12-14-16-18-20-22-24-26-28-32(4)36-31-30-35-34(36)33(7-3)29-27-25-23-21-19-17-15-13-11-9-6-2/h30-33H,5-29H2,1-4H3/p+1. The highest BCUT2D eigenvalue weighted by atomic mass is 15.1. The summed E-state index contributed by atoms with van der Waals surface area (Å²) < 4.78 is 2.57. The minimum absolute atomic E-state index is 0.621. The number of H-pyrrole nitrogens is 1. The molecule has 0 radical (unpaired) electrons. The Morgan fingerprint density at radius 2 is 0.944 bits per heavy atom. The first kappa shape index (κ1) is 33.2. The van der Waals surface area contributed by atoms with Crippen molar-refractivity contribution in [3.63, 3.8) is 0 Å². The smallest absolute Gasteiger partial charge is 0.247 e. The van der Waals surface area contributed by atoms with Crippen LogP contribution in [0.25, 0.3) is 0 Å². The van der Waals surface area contributed by atoms with Gasteiger partial charge in [-0.05, 0) is 32.6 Å². The molecule has 2 heteroatoms. The summed E-state index contributed by atoms with van der Waals surface area (Å²) in [5.41, 5.74) is 0. The first-order valence-electron chi connectivity index (χ1n) is 16.8. The van der Waals surface area contributed by atoms with Crippen LogP contribution < -0.4 is 4.57 Å². The van der Waals surface area contributed by atoms with Crippen LogP contribution in [0, 0.1) is 0 Å². The number of unbranched alkanes of at least 4 members (excludes halogenated alkanes) is 20. The number of imidazole rings is 1. The molecule has 0 saturated heterocycles. The van der Waals surface area contributed by atoms with Crippen LogP contribution in [0.5, 0.6) is 0 Å². The highest BCUT2D eigenvalue weighted by Gasteiger charge is 2.24. The number of nitrogens with one attached hydrogen (secondary N) is 1. The highest BCUT2D eigenvalue weighted by molar-refractivity contribution is 4.89. The normalized spacial score (nSPS) is 13.3. The van der Waals surface area contributed by atoms with Crippen LogP contribution in [0.1, 0.15) is 206 Å². The fraction of sp³-hybridized carbons (Fsp3) is 0.912. The van der Waals surface area contributed by atoms with Crippen molar-refractivity contribution < 1.29 is 4.57 Å². The molecule has 36 heavy (non-hydrogen) atoms. The third-order valence-corrected chi connectivity index (χ3v) is 8.48. The average Bonchev–Trinajstić information content (AvgIpc) is 3.38. The fourth-order valence-electron chi connectivity index (χ4n) is 5.90. The molecule has 2 unspecified atom stereocenters. The molecular formula is C34H67N2+.